The van der Waals surface area contributed by atoms with Gasteiger partial charge in [0, 0.05) is 13.2 Å². The zero-order valence-electron chi connectivity index (χ0n) is 9.52. The van der Waals surface area contributed by atoms with Crippen LogP contribution in [-0.4, -0.2) is 33.0 Å². The summed E-state index contributed by atoms with van der Waals surface area (Å²) in [6.07, 6.45) is 9.62. The van der Waals surface area contributed by atoms with E-state index >= 15 is 0 Å². The number of hydrogen-bond acceptors (Lipinski definition) is 3. The molecule has 0 aliphatic carbocycles. The third kappa shape index (κ3) is 5.23. The molecule has 1 heterocycles. The van der Waals surface area contributed by atoms with Gasteiger partial charge in [-0.05, 0) is 43.3 Å². The van der Waals surface area contributed by atoms with Crippen molar-refractivity contribution in [1.82, 2.24) is 9.78 Å². The van der Waals surface area contributed by atoms with E-state index < -0.39 is 0 Å². The first-order valence-electron chi connectivity index (χ1n) is 5.37. The Morgan fingerprint density at radius 3 is 2.93 bits per heavy atom. The van der Waals surface area contributed by atoms with Crippen molar-refractivity contribution in [3.63, 3.8) is 0 Å². The number of aryl methyl sites for hydroxylation is 2. The van der Waals surface area contributed by atoms with E-state index in [-0.39, 0.29) is 6.10 Å². The van der Waals surface area contributed by atoms with Crippen molar-refractivity contribution in [3.05, 3.63) is 18.0 Å². The molecule has 0 amide bonds. The highest BCUT2D eigenvalue weighted by Gasteiger charge is 2.05. The first-order valence-corrected chi connectivity index (χ1v) is 6.76. The number of aromatic nitrogens is 2. The zero-order valence-corrected chi connectivity index (χ0v) is 10.3. The van der Waals surface area contributed by atoms with Gasteiger partial charge in [0.1, 0.15) is 0 Å². The lowest BCUT2D eigenvalue weighted by atomic mass is 10.1. The third-order valence-corrected chi connectivity index (χ3v) is 3.11. The predicted molar refractivity (Wildman–Crippen MR) is 65.2 cm³/mol. The summed E-state index contributed by atoms with van der Waals surface area (Å²) in [6.45, 7) is 0. The van der Waals surface area contributed by atoms with Gasteiger partial charge in [0.15, 0.2) is 0 Å². The monoisotopic (exact) mass is 228 g/mol. The van der Waals surface area contributed by atoms with Crippen LogP contribution in [-0.2, 0) is 13.5 Å². The van der Waals surface area contributed by atoms with Gasteiger partial charge in [0.05, 0.1) is 12.3 Å². The summed E-state index contributed by atoms with van der Waals surface area (Å²) in [7, 11) is 1.92. The summed E-state index contributed by atoms with van der Waals surface area (Å²) in [5.74, 6) is 1.14. The van der Waals surface area contributed by atoms with Gasteiger partial charge in [-0.15, -0.1) is 0 Å². The van der Waals surface area contributed by atoms with E-state index in [1.807, 2.05) is 31.2 Å². The van der Waals surface area contributed by atoms with Gasteiger partial charge in [-0.2, -0.15) is 16.9 Å². The molecule has 0 aromatic carbocycles. The normalized spacial score (nSPS) is 13.0. The van der Waals surface area contributed by atoms with Crippen LogP contribution in [0.4, 0.5) is 0 Å². The second kappa shape index (κ2) is 6.90. The lowest BCUT2D eigenvalue weighted by molar-refractivity contribution is 0.154. The number of hydrogen-bond donors (Lipinski definition) is 1. The van der Waals surface area contributed by atoms with E-state index in [1.54, 1.807) is 4.68 Å². The first kappa shape index (κ1) is 12.6. The molecule has 3 nitrogen and oxygen atoms in total. The number of thioether (sulfide) groups is 1. The van der Waals surface area contributed by atoms with E-state index in [0.717, 1.165) is 31.4 Å². The van der Waals surface area contributed by atoms with Crippen LogP contribution in [0.15, 0.2) is 12.4 Å². The second-order valence-electron chi connectivity index (χ2n) is 3.85. The molecule has 1 rings (SSSR count). The lowest BCUT2D eigenvalue weighted by Crippen LogP contribution is -2.08. The molecule has 1 unspecified atom stereocenters. The lowest BCUT2D eigenvalue weighted by Gasteiger charge is -2.08. The van der Waals surface area contributed by atoms with E-state index in [1.165, 1.54) is 5.56 Å². The zero-order chi connectivity index (χ0) is 11.1. The molecule has 1 atom stereocenters. The van der Waals surface area contributed by atoms with Gasteiger partial charge in [0.2, 0.25) is 0 Å². The minimum atomic E-state index is -0.155. The van der Waals surface area contributed by atoms with Gasteiger partial charge < -0.3 is 5.11 Å². The van der Waals surface area contributed by atoms with Gasteiger partial charge >= 0.3 is 0 Å². The van der Waals surface area contributed by atoms with Crippen LogP contribution in [0.2, 0.25) is 0 Å². The Morgan fingerprint density at radius 2 is 2.33 bits per heavy atom. The molecule has 15 heavy (non-hydrogen) atoms. The maximum Gasteiger partial charge on any atom is 0.0543 e. The van der Waals surface area contributed by atoms with E-state index in [0.29, 0.717) is 0 Å². The van der Waals surface area contributed by atoms with Crippen LogP contribution < -0.4 is 0 Å². The summed E-state index contributed by atoms with van der Waals surface area (Å²) >= 11 is 1.84. The topological polar surface area (TPSA) is 38.1 Å². The van der Waals surface area contributed by atoms with Crippen molar-refractivity contribution in [1.29, 1.82) is 0 Å². The fraction of sp³-hybridized carbons (Fsp3) is 0.727. The van der Waals surface area contributed by atoms with Crippen LogP contribution >= 0.6 is 11.8 Å². The molecule has 0 aliphatic heterocycles. The minimum Gasteiger partial charge on any atom is -0.393 e. The van der Waals surface area contributed by atoms with Crippen molar-refractivity contribution in [3.8, 4) is 0 Å². The Balaban J connectivity index is 2.13. The Bertz CT molecular complexity index is 275. The fourth-order valence-electron chi connectivity index (χ4n) is 1.54. The molecule has 0 bridgehead atoms. The Morgan fingerprint density at radius 1 is 1.53 bits per heavy atom. The molecule has 0 fully saturated rings. The summed E-state index contributed by atoms with van der Waals surface area (Å²) in [5.41, 5.74) is 1.21. The third-order valence-electron chi connectivity index (χ3n) is 2.41. The summed E-state index contributed by atoms with van der Waals surface area (Å²) in [5, 5.41) is 13.8. The quantitative estimate of drug-likeness (QED) is 0.724. The van der Waals surface area contributed by atoms with Crippen molar-refractivity contribution in [2.75, 3.05) is 12.0 Å². The number of aliphatic hydroxyl groups is 1. The number of nitrogens with zero attached hydrogens (tertiary/aromatic N) is 2. The molecule has 1 N–H and O–H groups in total. The number of aliphatic hydroxyl groups excluding tert-OH is 1. The smallest absolute Gasteiger partial charge is 0.0543 e. The molecule has 0 saturated carbocycles. The summed E-state index contributed by atoms with van der Waals surface area (Å²) in [6, 6.07) is 0. The van der Waals surface area contributed by atoms with Crippen molar-refractivity contribution >= 4 is 11.8 Å². The highest BCUT2D eigenvalue weighted by atomic mass is 32.2. The molecule has 0 radical (unpaired) electrons. The molecule has 0 saturated heterocycles. The molecule has 0 aliphatic rings. The SMILES string of the molecule is CSCCCC(O)CCc1cnn(C)c1. The predicted octanol–water partition coefficient (Wildman–Crippen LogP) is 1.86. The second-order valence-corrected chi connectivity index (χ2v) is 4.84. The Hall–Kier alpha value is -0.480. The molecule has 0 spiro atoms. The van der Waals surface area contributed by atoms with Gasteiger partial charge in [-0.25, -0.2) is 0 Å². The molecule has 4 heteroatoms. The van der Waals surface area contributed by atoms with Crippen LogP contribution in [0.25, 0.3) is 0 Å². The van der Waals surface area contributed by atoms with Gasteiger partial charge in [0.25, 0.3) is 0 Å². The Labute approximate surface area is 95.9 Å². The van der Waals surface area contributed by atoms with E-state index in [2.05, 4.69) is 11.4 Å². The first-order chi connectivity index (χ1) is 7.22. The maximum absolute atomic E-state index is 9.71. The van der Waals surface area contributed by atoms with Crippen molar-refractivity contribution < 1.29 is 5.11 Å². The molecular formula is C11H20N2OS. The van der Waals surface area contributed by atoms with Gasteiger partial charge in [-0.1, -0.05) is 0 Å². The van der Waals surface area contributed by atoms with Crippen molar-refractivity contribution in [2.45, 2.75) is 31.8 Å². The number of rotatable bonds is 7. The van der Waals surface area contributed by atoms with Crippen molar-refractivity contribution in [2.24, 2.45) is 7.05 Å². The van der Waals surface area contributed by atoms with Crippen LogP contribution in [0, 0.1) is 0 Å². The highest BCUT2D eigenvalue weighted by Crippen LogP contribution is 2.09. The average molecular weight is 228 g/mol. The molecule has 86 valence electrons. The largest absolute Gasteiger partial charge is 0.393 e. The minimum absolute atomic E-state index is 0.155. The standard InChI is InChI=1S/C11H20N2OS/c1-13-9-10(8-12-13)5-6-11(14)4-3-7-15-2/h8-9,11,14H,3-7H2,1-2H3. The highest BCUT2D eigenvalue weighted by molar-refractivity contribution is 7.98. The summed E-state index contributed by atoms with van der Waals surface area (Å²) in [4.78, 5) is 0. The molecule has 1 aromatic heterocycles. The summed E-state index contributed by atoms with van der Waals surface area (Å²) < 4.78 is 1.80. The molecule has 1 aromatic rings. The molecular weight excluding hydrogens is 208 g/mol. The van der Waals surface area contributed by atoms with Crippen LogP contribution in [0.5, 0.6) is 0 Å². The van der Waals surface area contributed by atoms with Crippen LogP contribution in [0.3, 0.4) is 0 Å². The van der Waals surface area contributed by atoms with Crippen LogP contribution in [0.1, 0.15) is 24.8 Å². The maximum atomic E-state index is 9.71. The van der Waals surface area contributed by atoms with Gasteiger partial charge in [-0.3, -0.25) is 4.68 Å². The van der Waals surface area contributed by atoms with E-state index in [4.69, 9.17) is 0 Å². The average Bonchev–Trinajstić information content (AvgIpc) is 2.62. The fourth-order valence-corrected chi connectivity index (χ4v) is 2.00. The Kier molecular flexibility index (Phi) is 5.79. The van der Waals surface area contributed by atoms with E-state index in [9.17, 15) is 5.11 Å².